The molecule has 0 spiro atoms. The van der Waals surface area contributed by atoms with Crippen molar-refractivity contribution in [3.05, 3.63) is 164 Å². The molecule has 0 aliphatic heterocycles. The van der Waals surface area contributed by atoms with Gasteiger partial charge in [0.2, 0.25) is 0 Å². The molecule has 3 nitrogen and oxygen atoms in total. The molecule has 0 bridgehead atoms. The van der Waals surface area contributed by atoms with Crippen molar-refractivity contribution < 1.29 is 0 Å². The lowest BCUT2D eigenvalue weighted by molar-refractivity contribution is 1.14. The van der Waals surface area contributed by atoms with E-state index in [-0.39, 0.29) is 0 Å². The topological polar surface area (TPSA) is 22.8 Å². The van der Waals surface area contributed by atoms with E-state index >= 15 is 0 Å². The third-order valence-corrected chi connectivity index (χ3v) is 8.77. The van der Waals surface area contributed by atoms with Crippen LogP contribution in [0.1, 0.15) is 0 Å². The van der Waals surface area contributed by atoms with Crippen LogP contribution in [0.25, 0.3) is 77.2 Å². The van der Waals surface area contributed by atoms with Gasteiger partial charge in [-0.3, -0.25) is 4.98 Å². The Hall–Kier alpha value is -5.93. The number of hydrogen-bond donors (Lipinski definition) is 0. The summed E-state index contributed by atoms with van der Waals surface area (Å²) in [4.78, 5) is 4.69. The second kappa shape index (κ2) is 9.82. The number of para-hydroxylation sites is 2. The van der Waals surface area contributed by atoms with Crippen molar-refractivity contribution in [2.75, 3.05) is 0 Å². The van der Waals surface area contributed by atoms with Crippen molar-refractivity contribution >= 4 is 43.6 Å². The van der Waals surface area contributed by atoms with Crippen LogP contribution in [0.3, 0.4) is 0 Å². The Kier molecular flexibility index (Phi) is 5.50. The molecule has 9 rings (SSSR count). The summed E-state index contributed by atoms with van der Waals surface area (Å²) in [7, 11) is 0. The van der Waals surface area contributed by atoms with Crippen molar-refractivity contribution in [2.24, 2.45) is 0 Å². The lowest BCUT2D eigenvalue weighted by Gasteiger charge is -2.11. The van der Waals surface area contributed by atoms with Crippen molar-refractivity contribution in [1.82, 2.24) is 14.1 Å². The minimum absolute atomic E-state index is 1.05. The fourth-order valence-electron chi connectivity index (χ4n) is 6.78. The van der Waals surface area contributed by atoms with Crippen molar-refractivity contribution in [3.63, 3.8) is 0 Å². The zero-order chi connectivity index (χ0) is 29.0. The van der Waals surface area contributed by atoms with Crippen LogP contribution in [0.15, 0.2) is 164 Å². The van der Waals surface area contributed by atoms with Crippen molar-refractivity contribution in [3.8, 4) is 33.6 Å². The minimum Gasteiger partial charge on any atom is -0.309 e. The highest BCUT2D eigenvalue weighted by atomic mass is 15.0. The second-order valence-electron chi connectivity index (χ2n) is 11.3. The molecule has 3 heterocycles. The molecule has 0 aliphatic carbocycles. The molecule has 0 N–H and O–H groups in total. The first kappa shape index (κ1) is 24.6. The fourth-order valence-corrected chi connectivity index (χ4v) is 6.78. The van der Waals surface area contributed by atoms with Crippen LogP contribution in [0.2, 0.25) is 0 Å². The normalized spacial score (nSPS) is 11.6. The van der Waals surface area contributed by atoms with Crippen LogP contribution in [-0.4, -0.2) is 14.1 Å². The fraction of sp³-hybridized carbons (Fsp3) is 0. The van der Waals surface area contributed by atoms with Gasteiger partial charge in [-0.1, -0.05) is 109 Å². The summed E-state index contributed by atoms with van der Waals surface area (Å²) < 4.78 is 4.78. The van der Waals surface area contributed by atoms with E-state index in [9.17, 15) is 0 Å². The maximum Gasteiger partial charge on any atom is 0.0651 e. The summed E-state index contributed by atoms with van der Waals surface area (Å²) in [5.41, 5.74) is 11.6. The highest BCUT2D eigenvalue weighted by Crippen LogP contribution is 2.40. The SMILES string of the molecule is c1ccc(-c2cccc(-n3c4ccccc4c4cc5c(cc43)c3ccccc3n5-c3cncc(-c4ccccc4)c3)c2)cc1. The molecule has 3 heteroatoms. The number of nitrogens with zero attached hydrogens (tertiary/aromatic N) is 3. The molecule has 0 saturated heterocycles. The van der Waals surface area contributed by atoms with Gasteiger partial charge in [0, 0.05) is 39.0 Å². The van der Waals surface area contributed by atoms with E-state index in [0.29, 0.717) is 0 Å². The first-order valence-corrected chi connectivity index (χ1v) is 15.0. The average molecular weight is 562 g/mol. The van der Waals surface area contributed by atoms with Gasteiger partial charge in [-0.05, 0) is 59.2 Å². The Labute approximate surface area is 254 Å². The third-order valence-electron chi connectivity index (χ3n) is 8.77. The first-order chi connectivity index (χ1) is 21.8. The van der Waals surface area contributed by atoms with Gasteiger partial charge in [0.05, 0.1) is 34.0 Å². The quantitative estimate of drug-likeness (QED) is 0.210. The molecule has 0 saturated carbocycles. The zero-order valence-corrected chi connectivity index (χ0v) is 23.9. The number of hydrogen-bond acceptors (Lipinski definition) is 1. The Morgan fingerprint density at radius 1 is 0.318 bits per heavy atom. The summed E-state index contributed by atoms with van der Waals surface area (Å²) in [5.74, 6) is 0. The maximum atomic E-state index is 4.69. The predicted molar refractivity (Wildman–Crippen MR) is 184 cm³/mol. The van der Waals surface area contributed by atoms with Gasteiger partial charge in [-0.15, -0.1) is 0 Å². The van der Waals surface area contributed by atoms with Gasteiger partial charge < -0.3 is 9.13 Å². The molecule has 0 amide bonds. The Balaban J connectivity index is 1.34. The van der Waals surface area contributed by atoms with Gasteiger partial charge in [0.25, 0.3) is 0 Å². The zero-order valence-electron chi connectivity index (χ0n) is 23.9. The van der Waals surface area contributed by atoms with Gasteiger partial charge in [-0.25, -0.2) is 0 Å². The smallest absolute Gasteiger partial charge is 0.0651 e. The third kappa shape index (κ3) is 3.80. The molecule has 0 atom stereocenters. The monoisotopic (exact) mass is 561 g/mol. The van der Waals surface area contributed by atoms with Crippen molar-refractivity contribution in [2.45, 2.75) is 0 Å². The van der Waals surface area contributed by atoms with Crippen LogP contribution in [-0.2, 0) is 0 Å². The highest BCUT2D eigenvalue weighted by molar-refractivity contribution is 6.19. The molecule has 3 aromatic heterocycles. The van der Waals surface area contributed by atoms with E-state index < -0.39 is 0 Å². The predicted octanol–water partition coefficient (Wildman–Crippen LogP) is 10.6. The van der Waals surface area contributed by atoms with Crippen LogP contribution in [0, 0.1) is 0 Å². The lowest BCUT2D eigenvalue weighted by Crippen LogP contribution is -1.96. The maximum absolute atomic E-state index is 4.69. The minimum atomic E-state index is 1.05. The van der Waals surface area contributed by atoms with E-state index in [1.54, 1.807) is 0 Å². The van der Waals surface area contributed by atoms with Crippen molar-refractivity contribution in [1.29, 1.82) is 0 Å². The summed E-state index contributed by atoms with van der Waals surface area (Å²) in [6, 6.07) is 54.4. The second-order valence-corrected chi connectivity index (χ2v) is 11.3. The first-order valence-electron chi connectivity index (χ1n) is 15.0. The highest BCUT2D eigenvalue weighted by Gasteiger charge is 2.19. The van der Waals surface area contributed by atoms with Crippen LogP contribution in [0.4, 0.5) is 0 Å². The average Bonchev–Trinajstić information content (AvgIpc) is 3.60. The molecular formula is C41H27N3. The Morgan fingerprint density at radius 3 is 1.45 bits per heavy atom. The van der Waals surface area contributed by atoms with E-state index in [1.807, 2.05) is 18.5 Å². The number of aromatic nitrogens is 3. The standard InChI is InChI=1S/C41H27N3/c1-3-12-28(13-4-1)30-16-11-17-32(22-30)43-38-20-9-7-18-34(38)36-25-41-37(24-40(36)43)35-19-8-10-21-39(35)44(41)33-23-31(26-42-27-33)29-14-5-2-6-15-29/h1-27H. The van der Waals surface area contributed by atoms with E-state index in [1.165, 1.54) is 54.7 Å². The molecule has 6 aromatic carbocycles. The van der Waals surface area contributed by atoms with E-state index in [2.05, 4.69) is 155 Å². The number of benzene rings is 6. The summed E-state index contributed by atoms with van der Waals surface area (Å²) >= 11 is 0. The van der Waals surface area contributed by atoms with E-state index in [0.717, 1.165) is 22.5 Å². The van der Waals surface area contributed by atoms with Crippen LogP contribution in [0.5, 0.6) is 0 Å². The molecular weight excluding hydrogens is 534 g/mol. The largest absolute Gasteiger partial charge is 0.309 e. The summed E-state index contributed by atoms with van der Waals surface area (Å²) in [6.45, 7) is 0. The van der Waals surface area contributed by atoms with Gasteiger partial charge in [-0.2, -0.15) is 0 Å². The molecule has 44 heavy (non-hydrogen) atoms. The summed E-state index contributed by atoms with van der Waals surface area (Å²) in [5, 5.41) is 4.92. The Bertz CT molecular complexity index is 2310. The van der Waals surface area contributed by atoms with E-state index in [4.69, 9.17) is 4.98 Å². The molecule has 0 fully saturated rings. The molecule has 9 aromatic rings. The van der Waals surface area contributed by atoms with Crippen LogP contribution < -0.4 is 0 Å². The Morgan fingerprint density at radius 2 is 0.818 bits per heavy atom. The van der Waals surface area contributed by atoms with Gasteiger partial charge >= 0.3 is 0 Å². The lowest BCUT2D eigenvalue weighted by atomic mass is 10.1. The molecule has 0 unspecified atom stereocenters. The summed E-state index contributed by atoms with van der Waals surface area (Å²) in [6.07, 6.45) is 3.92. The number of rotatable bonds is 4. The molecule has 0 aliphatic rings. The van der Waals surface area contributed by atoms with Gasteiger partial charge in [0.1, 0.15) is 0 Å². The van der Waals surface area contributed by atoms with Crippen LogP contribution >= 0.6 is 0 Å². The molecule has 0 radical (unpaired) electrons. The molecule has 206 valence electrons. The number of fused-ring (bicyclic) bond motifs is 6. The number of pyridine rings is 1. The van der Waals surface area contributed by atoms with Gasteiger partial charge in [0.15, 0.2) is 0 Å².